The predicted octanol–water partition coefficient (Wildman–Crippen LogP) is 4.30. The van der Waals surface area contributed by atoms with E-state index in [1.807, 2.05) is 6.07 Å². The monoisotopic (exact) mass is 248 g/mol. The number of Topliss-reactive ketones (excluding diaryl/α,β-unsaturated/α-hetero) is 1. The van der Waals surface area contributed by atoms with Crippen LogP contribution in [0.2, 0.25) is 0 Å². The lowest BCUT2D eigenvalue weighted by Gasteiger charge is -2.18. The third-order valence-corrected chi connectivity index (χ3v) is 3.83. The Labute approximate surface area is 108 Å². The van der Waals surface area contributed by atoms with Crippen LogP contribution in [-0.2, 0) is 11.2 Å². The summed E-state index contributed by atoms with van der Waals surface area (Å²) in [7, 11) is 0. The summed E-state index contributed by atoms with van der Waals surface area (Å²) in [5, 5.41) is 0. The van der Waals surface area contributed by atoms with E-state index in [4.69, 9.17) is 0 Å². The number of hydrogen-bond donors (Lipinski definition) is 0. The van der Waals surface area contributed by atoms with Crippen molar-refractivity contribution in [1.82, 2.24) is 0 Å². The standard InChI is InChI=1S/C16H21FO/c17-15-10-6-7-13(11-15)12-16(18)14-8-4-2-1-3-5-9-14/h6-7,10-11,14H,1-5,8-9,12H2. The molecule has 0 N–H and O–H groups in total. The molecule has 0 radical (unpaired) electrons. The van der Waals surface area contributed by atoms with Gasteiger partial charge in [0, 0.05) is 12.3 Å². The molecule has 0 spiro atoms. The number of rotatable bonds is 3. The van der Waals surface area contributed by atoms with E-state index in [9.17, 15) is 9.18 Å². The van der Waals surface area contributed by atoms with Crippen LogP contribution >= 0.6 is 0 Å². The highest BCUT2D eigenvalue weighted by molar-refractivity contribution is 5.83. The summed E-state index contributed by atoms with van der Waals surface area (Å²) in [6.45, 7) is 0. The molecule has 98 valence electrons. The van der Waals surface area contributed by atoms with Crippen LogP contribution < -0.4 is 0 Å². The second-order valence-corrected chi connectivity index (χ2v) is 5.32. The van der Waals surface area contributed by atoms with E-state index in [0.717, 1.165) is 18.4 Å². The summed E-state index contributed by atoms with van der Waals surface area (Å²) < 4.78 is 13.1. The SMILES string of the molecule is O=C(Cc1cccc(F)c1)C1CCCCCCC1. The molecule has 2 rings (SSSR count). The van der Waals surface area contributed by atoms with Crippen molar-refractivity contribution in [3.63, 3.8) is 0 Å². The third-order valence-electron chi connectivity index (χ3n) is 3.83. The van der Waals surface area contributed by atoms with E-state index in [1.165, 1.54) is 44.2 Å². The number of carbonyl (C=O) groups excluding carboxylic acids is 1. The molecule has 0 saturated heterocycles. The van der Waals surface area contributed by atoms with Crippen molar-refractivity contribution in [2.24, 2.45) is 5.92 Å². The summed E-state index contributed by atoms with van der Waals surface area (Å²) in [6.07, 6.45) is 8.59. The van der Waals surface area contributed by atoms with Crippen molar-refractivity contribution < 1.29 is 9.18 Å². The fourth-order valence-corrected chi connectivity index (χ4v) is 2.77. The molecule has 0 bridgehead atoms. The second kappa shape index (κ2) is 6.67. The maximum atomic E-state index is 13.1. The average Bonchev–Trinajstić information content (AvgIpc) is 2.28. The van der Waals surface area contributed by atoms with Gasteiger partial charge in [-0.3, -0.25) is 4.79 Å². The van der Waals surface area contributed by atoms with Crippen molar-refractivity contribution in [3.05, 3.63) is 35.6 Å². The van der Waals surface area contributed by atoms with Gasteiger partial charge in [0.2, 0.25) is 0 Å². The largest absolute Gasteiger partial charge is 0.299 e. The fraction of sp³-hybridized carbons (Fsp3) is 0.562. The Morgan fingerprint density at radius 3 is 2.44 bits per heavy atom. The maximum absolute atomic E-state index is 13.1. The van der Waals surface area contributed by atoms with Gasteiger partial charge in [-0.15, -0.1) is 0 Å². The van der Waals surface area contributed by atoms with E-state index >= 15 is 0 Å². The Morgan fingerprint density at radius 2 is 1.78 bits per heavy atom. The Kier molecular flexibility index (Phi) is 4.91. The fourth-order valence-electron chi connectivity index (χ4n) is 2.77. The van der Waals surface area contributed by atoms with Crippen LogP contribution in [0.4, 0.5) is 4.39 Å². The highest BCUT2D eigenvalue weighted by Crippen LogP contribution is 2.24. The summed E-state index contributed by atoms with van der Waals surface area (Å²) in [5.74, 6) is 0.244. The first-order valence-electron chi connectivity index (χ1n) is 7.03. The van der Waals surface area contributed by atoms with Crippen LogP contribution in [-0.4, -0.2) is 5.78 Å². The van der Waals surface area contributed by atoms with Crippen LogP contribution in [0.5, 0.6) is 0 Å². The quantitative estimate of drug-likeness (QED) is 0.779. The first kappa shape index (κ1) is 13.3. The van der Waals surface area contributed by atoms with Gasteiger partial charge in [-0.2, -0.15) is 0 Å². The Hall–Kier alpha value is -1.18. The number of hydrogen-bond acceptors (Lipinski definition) is 1. The minimum atomic E-state index is -0.252. The zero-order chi connectivity index (χ0) is 12.8. The van der Waals surface area contributed by atoms with Gasteiger partial charge in [-0.05, 0) is 30.5 Å². The highest BCUT2D eigenvalue weighted by atomic mass is 19.1. The number of benzene rings is 1. The van der Waals surface area contributed by atoms with Crippen LogP contribution in [0.1, 0.15) is 50.5 Å². The number of ketones is 1. The molecule has 1 aromatic rings. The van der Waals surface area contributed by atoms with Crippen LogP contribution in [0.25, 0.3) is 0 Å². The zero-order valence-corrected chi connectivity index (χ0v) is 10.8. The molecule has 0 atom stereocenters. The van der Waals surface area contributed by atoms with E-state index in [2.05, 4.69) is 0 Å². The minimum absolute atomic E-state index is 0.202. The lowest BCUT2D eigenvalue weighted by atomic mass is 9.86. The molecule has 0 amide bonds. The van der Waals surface area contributed by atoms with E-state index in [1.54, 1.807) is 6.07 Å². The Bertz CT molecular complexity index is 392. The number of halogens is 1. The number of carbonyl (C=O) groups is 1. The summed E-state index contributed by atoms with van der Waals surface area (Å²) in [4.78, 5) is 12.2. The van der Waals surface area contributed by atoms with Crippen molar-refractivity contribution in [2.75, 3.05) is 0 Å². The van der Waals surface area contributed by atoms with Gasteiger partial charge in [0.05, 0.1) is 0 Å². The molecule has 1 nitrogen and oxygen atoms in total. The van der Waals surface area contributed by atoms with Crippen LogP contribution in [0.3, 0.4) is 0 Å². The van der Waals surface area contributed by atoms with Gasteiger partial charge in [0.1, 0.15) is 11.6 Å². The average molecular weight is 248 g/mol. The summed E-state index contributed by atoms with van der Waals surface area (Å²) in [5.41, 5.74) is 0.807. The van der Waals surface area contributed by atoms with Gasteiger partial charge in [-0.1, -0.05) is 44.2 Å². The van der Waals surface area contributed by atoms with Crippen molar-refractivity contribution in [3.8, 4) is 0 Å². The molecule has 18 heavy (non-hydrogen) atoms. The van der Waals surface area contributed by atoms with E-state index in [0.29, 0.717) is 12.2 Å². The van der Waals surface area contributed by atoms with Crippen LogP contribution in [0, 0.1) is 11.7 Å². The molecular weight excluding hydrogens is 227 g/mol. The molecule has 1 aromatic carbocycles. The molecule has 1 aliphatic carbocycles. The Balaban J connectivity index is 1.93. The van der Waals surface area contributed by atoms with E-state index in [-0.39, 0.29) is 11.7 Å². The molecule has 2 heteroatoms. The lowest BCUT2D eigenvalue weighted by molar-refractivity contribution is -0.122. The Morgan fingerprint density at radius 1 is 1.11 bits per heavy atom. The van der Waals surface area contributed by atoms with Gasteiger partial charge < -0.3 is 0 Å². The normalized spacial score (nSPS) is 18.1. The maximum Gasteiger partial charge on any atom is 0.140 e. The van der Waals surface area contributed by atoms with Crippen LogP contribution in [0.15, 0.2) is 24.3 Å². The smallest absolute Gasteiger partial charge is 0.140 e. The molecular formula is C16H21FO. The van der Waals surface area contributed by atoms with Gasteiger partial charge in [0.25, 0.3) is 0 Å². The van der Waals surface area contributed by atoms with Crippen molar-refractivity contribution in [1.29, 1.82) is 0 Å². The molecule has 0 aliphatic heterocycles. The summed E-state index contributed by atoms with van der Waals surface area (Å²) >= 11 is 0. The molecule has 0 heterocycles. The molecule has 0 aromatic heterocycles. The second-order valence-electron chi connectivity index (χ2n) is 5.32. The minimum Gasteiger partial charge on any atom is -0.299 e. The van der Waals surface area contributed by atoms with Crippen molar-refractivity contribution >= 4 is 5.78 Å². The first-order valence-corrected chi connectivity index (χ1v) is 7.03. The van der Waals surface area contributed by atoms with Gasteiger partial charge >= 0.3 is 0 Å². The predicted molar refractivity (Wildman–Crippen MR) is 70.9 cm³/mol. The zero-order valence-electron chi connectivity index (χ0n) is 10.8. The topological polar surface area (TPSA) is 17.1 Å². The molecule has 1 aliphatic rings. The molecule has 1 fully saturated rings. The lowest BCUT2D eigenvalue weighted by Crippen LogP contribution is -2.18. The molecule has 0 unspecified atom stereocenters. The third kappa shape index (κ3) is 3.94. The highest BCUT2D eigenvalue weighted by Gasteiger charge is 2.19. The van der Waals surface area contributed by atoms with Crippen molar-refractivity contribution in [2.45, 2.75) is 51.4 Å². The van der Waals surface area contributed by atoms with E-state index < -0.39 is 0 Å². The summed E-state index contributed by atoms with van der Waals surface area (Å²) in [6, 6.07) is 6.41. The van der Waals surface area contributed by atoms with Gasteiger partial charge in [0.15, 0.2) is 0 Å². The first-order chi connectivity index (χ1) is 8.75. The molecule has 1 saturated carbocycles. The van der Waals surface area contributed by atoms with Gasteiger partial charge in [-0.25, -0.2) is 4.39 Å².